The largest absolute Gasteiger partial charge is 0.396 e. The van der Waals surface area contributed by atoms with Gasteiger partial charge in [0, 0.05) is 19.3 Å². The summed E-state index contributed by atoms with van der Waals surface area (Å²) in [5.41, 5.74) is 6.72. The van der Waals surface area contributed by atoms with E-state index < -0.39 is 0 Å². The van der Waals surface area contributed by atoms with Crippen molar-refractivity contribution in [1.29, 1.82) is 5.26 Å². The lowest BCUT2D eigenvalue weighted by atomic mass is 10.2. The Morgan fingerprint density at radius 3 is 2.76 bits per heavy atom. The molecular formula is C12H18N4O. The predicted molar refractivity (Wildman–Crippen MR) is 67.4 cm³/mol. The third-order valence-corrected chi connectivity index (χ3v) is 2.42. The molecule has 0 aliphatic carbocycles. The van der Waals surface area contributed by atoms with Crippen LogP contribution in [0.4, 0.5) is 11.5 Å². The maximum Gasteiger partial charge on any atom is 0.149 e. The molecule has 0 aliphatic heterocycles. The van der Waals surface area contributed by atoms with Crippen LogP contribution in [-0.4, -0.2) is 23.2 Å². The van der Waals surface area contributed by atoms with E-state index in [1.54, 1.807) is 6.07 Å². The molecule has 1 heterocycles. The number of nitrogens with two attached hydrogens (primary N) is 1. The van der Waals surface area contributed by atoms with Crippen LogP contribution in [0.25, 0.3) is 0 Å². The van der Waals surface area contributed by atoms with Crippen molar-refractivity contribution in [2.75, 3.05) is 24.2 Å². The van der Waals surface area contributed by atoms with Crippen molar-refractivity contribution in [1.82, 2.24) is 4.98 Å². The van der Waals surface area contributed by atoms with Crippen LogP contribution in [0.3, 0.4) is 0 Å². The Morgan fingerprint density at radius 1 is 1.35 bits per heavy atom. The highest BCUT2D eigenvalue weighted by atomic mass is 16.2. The highest BCUT2D eigenvalue weighted by molar-refractivity contribution is 5.62. The van der Waals surface area contributed by atoms with Gasteiger partial charge in [0.2, 0.25) is 0 Å². The molecule has 0 saturated carbocycles. The summed E-state index contributed by atoms with van der Waals surface area (Å²) < 4.78 is 0. The molecule has 1 rings (SSSR count). The van der Waals surface area contributed by atoms with Gasteiger partial charge < -0.3 is 16.2 Å². The molecule has 0 bridgehead atoms. The summed E-state index contributed by atoms with van der Waals surface area (Å²) in [6, 6.07) is 3.60. The summed E-state index contributed by atoms with van der Waals surface area (Å²) in [7, 11) is 0. The molecule has 92 valence electrons. The standard InChI is InChI=1S/C12H18N4O/c13-8-10-7-11(14)12(16-9-10)15-5-3-1-2-4-6-17/h7,9,17H,1-6,14H2,(H,15,16). The third-order valence-electron chi connectivity index (χ3n) is 2.42. The lowest BCUT2D eigenvalue weighted by molar-refractivity contribution is 0.283. The summed E-state index contributed by atoms with van der Waals surface area (Å²) in [5.74, 6) is 0.631. The van der Waals surface area contributed by atoms with E-state index in [9.17, 15) is 0 Å². The fourth-order valence-corrected chi connectivity index (χ4v) is 1.49. The number of anilines is 2. The number of rotatable bonds is 7. The molecule has 5 heteroatoms. The predicted octanol–water partition coefficient (Wildman–Crippen LogP) is 1.50. The molecule has 0 saturated heterocycles. The molecule has 1 aromatic rings. The van der Waals surface area contributed by atoms with Gasteiger partial charge in [0.25, 0.3) is 0 Å². The smallest absolute Gasteiger partial charge is 0.149 e. The second-order valence-corrected chi connectivity index (χ2v) is 3.84. The van der Waals surface area contributed by atoms with Crippen molar-refractivity contribution in [3.05, 3.63) is 17.8 Å². The number of aliphatic hydroxyl groups excluding tert-OH is 1. The topological polar surface area (TPSA) is 95.0 Å². The number of pyridine rings is 1. The average molecular weight is 234 g/mol. The van der Waals surface area contributed by atoms with E-state index in [-0.39, 0.29) is 6.61 Å². The molecule has 17 heavy (non-hydrogen) atoms. The van der Waals surface area contributed by atoms with Gasteiger partial charge in [-0.15, -0.1) is 0 Å². The van der Waals surface area contributed by atoms with Crippen molar-refractivity contribution in [2.45, 2.75) is 25.7 Å². The number of hydrogen-bond acceptors (Lipinski definition) is 5. The Labute approximate surface area is 101 Å². The summed E-state index contributed by atoms with van der Waals surface area (Å²) in [4.78, 5) is 4.08. The van der Waals surface area contributed by atoms with Gasteiger partial charge in [-0.2, -0.15) is 5.26 Å². The summed E-state index contributed by atoms with van der Waals surface area (Å²) >= 11 is 0. The van der Waals surface area contributed by atoms with Gasteiger partial charge in [-0.25, -0.2) is 4.98 Å². The monoisotopic (exact) mass is 234 g/mol. The Bertz CT molecular complexity index is 387. The van der Waals surface area contributed by atoms with Crippen molar-refractivity contribution >= 4 is 11.5 Å². The molecule has 0 atom stereocenters. The van der Waals surface area contributed by atoms with E-state index >= 15 is 0 Å². The maximum absolute atomic E-state index is 8.66. The van der Waals surface area contributed by atoms with Crippen LogP contribution in [-0.2, 0) is 0 Å². The van der Waals surface area contributed by atoms with Gasteiger partial charge in [0.1, 0.15) is 11.9 Å². The molecule has 0 aliphatic rings. The molecular weight excluding hydrogens is 216 g/mol. The number of unbranched alkanes of at least 4 members (excludes halogenated alkanes) is 3. The Hall–Kier alpha value is -1.80. The van der Waals surface area contributed by atoms with Crippen LogP contribution >= 0.6 is 0 Å². The lowest BCUT2D eigenvalue weighted by Crippen LogP contribution is -2.06. The first-order chi connectivity index (χ1) is 8.27. The van der Waals surface area contributed by atoms with Gasteiger partial charge >= 0.3 is 0 Å². The molecule has 4 N–H and O–H groups in total. The quantitative estimate of drug-likeness (QED) is 0.621. The molecule has 0 radical (unpaired) electrons. The minimum absolute atomic E-state index is 0.261. The molecule has 1 aromatic heterocycles. The van der Waals surface area contributed by atoms with Crippen molar-refractivity contribution in [3.63, 3.8) is 0 Å². The number of aliphatic hydroxyl groups is 1. The highest BCUT2D eigenvalue weighted by Gasteiger charge is 2.01. The molecule has 5 nitrogen and oxygen atoms in total. The fraction of sp³-hybridized carbons (Fsp3) is 0.500. The van der Waals surface area contributed by atoms with E-state index in [0.717, 1.165) is 32.2 Å². The van der Waals surface area contributed by atoms with Crippen molar-refractivity contribution in [2.24, 2.45) is 0 Å². The zero-order valence-corrected chi connectivity index (χ0v) is 9.82. The van der Waals surface area contributed by atoms with Crippen LogP contribution in [0.15, 0.2) is 12.3 Å². The Morgan fingerprint density at radius 2 is 2.12 bits per heavy atom. The minimum Gasteiger partial charge on any atom is -0.396 e. The first-order valence-electron chi connectivity index (χ1n) is 5.78. The number of hydrogen-bond donors (Lipinski definition) is 3. The summed E-state index contributed by atoms with van der Waals surface area (Å²) in [5, 5.41) is 20.4. The molecule has 0 spiro atoms. The third kappa shape index (κ3) is 4.70. The number of nitrogen functional groups attached to an aromatic ring is 1. The molecule has 0 amide bonds. The average Bonchev–Trinajstić information content (AvgIpc) is 2.35. The van der Waals surface area contributed by atoms with E-state index in [1.165, 1.54) is 6.20 Å². The minimum atomic E-state index is 0.261. The van der Waals surface area contributed by atoms with Crippen LogP contribution in [0.2, 0.25) is 0 Å². The van der Waals surface area contributed by atoms with Crippen LogP contribution in [0.5, 0.6) is 0 Å². The molecule has 0 unspecified atom stereocenters. The maximum atomic E-state index is 8.66. The molecule has 0 fully saturated rings. The van der Waals surface area contributed by atoms with Crippen LogP contribution in [0, 0.1) is 11.3 Å². The summed E-state index contributed by atoms with van der Waals surface area (Å²) in [6.07, 6.45) is 5.49. The first kappa shape index (κ1) is 13.3. The lowest BCUT2D eigenvalue weighted by Gasteiger charge is -2.07. The van der Waals surface area contributed by atoms with Gasteiger partial charge in [-0.3, -0.25) is 0 Å². The van der Waals surface area contributed by atoms with Crippen LogP contribution in [0.1, 0.15) is 31.2 Å². The van der Waals surface area contributed by atoms with Gasteiger partial charge in [-0.1, -0.05) is 12.8 Å². The van der Waals surface area contributed by atoms with E-state index in [4.69, 9.17) is 16.1 Å². The number of nitriles is 1. The number of nitrogens with zero attached hydrogens (tertiary/aromatic N) is 2. The van der Waals surface area contributed by atoms with E-state index in [1.807, 2.05) is 6.07 Å². The normalized spacial score (nSPS) is 9.88. The zero-order valence-electron chi connectivity index (χ0n) is 9.82. The zero-order chi connectivity index (χ0) is 12.5. The Kier molecular flexibility index (Phi) is 5.83. The van der Waals surface area contributed by atoms with Crippen molar-refractivity contribution in [3.8, 4) is 6.07 Å². The Balaban J connectivity index is 2.30. The second-order valence-electron chi connectivity index (χ2n) is 3.84. The highest BCUT2D eigenvalue weighted by Crippen LogP contribution is 2.15. The second kappa shape index (κ2) is 7.47. The summed E-state index contributed by atoms with van der Waals surface area (Å²) in [6.45, 7) is 1.06. The van der Waals surface area contributed by atoms with Gasteiger partial charge in [0.15, 0.2) is 0 Å². The van der Waals surface area contributed by atoms with Gasteiger partial charge in [-0.05, 0) is 18.9 Å². The van der Waals surface area contributed by atoms with Gasteiger partial charge in [0.05, 0.1) is 11.3 Å². The SMILES string of the molecule is N#Cc1cnc(NCCCCCCO)c(N)c1. The fourth-order valence-electron chi connectivity index (χ4n) is 1.49. The number of aromatic nitrogens is 1. The van der Waals surface area contributed by atoms with E-state index in [2.05, 4.69) is 10.3 Å². The van der Waals surface area contributed by atoms with Crippen LogP contribution < -0.4 is 11.1 Å². The van der Waals surface area contributed by atoms with E-state index in [0.29, 0.717) is 17.1 Å². The van der Waals surface area contributed by atoms with Crippen molar-refractivity contribution < 1.29 is 5.11 Å². The molecule has 0 aromatic carbocycles. The first-order valence-corrected chi connectivity index (χ1v) is 5.78. The number of nitrogens with one attached hydrogen (secondary N) is 1.